The van der Waals surface area contributed by atoms with Crippen LogP contribution in [-0.4, -0.2) is 38.8 Å². The number of anilines is 3. The molecule has 30 heavy (non-hydrogen) atoms. The Hall–Kier alpha value is -2.75. The number of benzene rings is 1. The lowest BCUT2D eigenvalue weighted by Gasteiger charge is -2.23. The van der Waals surface area contributed by atoms with Crippen LogP contribution in [0.5, 0.6) is 5.75 Å². The van der Waals surface area contributed by atoms with Gasteiger partial charge in [-0.15, -0.1) is 11.3 Å². The van der Waals surface area contributed by atoms with Crippen LogP contribution in [-0.2, 0) is 12.8 Å². The van der Waals surface area contributed by atoms with Crippen molar-refractivity contribution in [2.24, 2.45) is 5.92 Å². The van der Waals surface area contributed by atoms with E-state index in [4.69, 9.17) is 15.9 Å². The van der Waals surface area contributed by atoms with Crippen molar-refractivity contribution in [3.63, 3.8) is 0 Å². The average molecular weight is 428 g/mol. The predicted octanol–water partition coefficient (Wildman–Crippen LogP) is 3.22. The summed E-state index contributed by atoms with van der Waals surface area (Å²) in [5.74, 6) is 1.09. The van der Waals surface area contributed by atoms with E-state index >= 15 is 0 Å². The molecular formula is C21H25N5O3S. The summed E-state index contributed by atoms with van der Waals surface area (Å²) in [6.45, 7) is 3.88. The quantitative estimate of drug-likeness (QED) is 0.231. The molecule has 0 saturated carbocycles. The first-order valence-electron chi connectivity index (χ1n) is 9.86. The monoisotopic (exact) mass is 427 g/mol. The standard InChI is InChI=1S/C21H25N5O3S/c1-10(2)29-16-7-14(23)12(8-22)5-15(16)26-19-18-13-4-3-11(21(27)28)6-17(13)30-20(18)25-9-24-19/h5,7-11,21-22,27-28H,3-4,6,23H2,1-2H3,(H,24,25,26). The number of aliphatic hydroxyl groups is 2. The van der Waals surface area contributed by atoms with Crippen LogP contribution in [0.1, 0.15) is 36.3 Å². The van der Waals surface area contributed by atoms with Gasteiger partial charge in [0.25, 0.3) is 0 Å². The Morgan fingerprint density at radius 2 is 2.13 bits per heavy atom. The van der Waals surface area contributed by atoms with E-state index < -0.39 is 6.29 Å². The minimum atomic E-state index is -1.31. The number of rotatable bonds is 6. The van der Waals surface area contributed by atoms with Gasteiger partial charge in [0, 0.05) is 34.3 Å². The zero-order chi connectivity index (χ0) is 21.4. The van der Waals surface area contributed by atoms with Crippen LogP contribution in [0.3, 0.4) is 0 Å². The third kappa shape index (κ3) is 3.83. The van der Waals surface area contributed by atoms with Crippen LogP contribution in [0.15, 0.2) is 18.5 Å². The van der Waals surface area contributed by atoms with Crippen LogP contribution >= 0.6 is 11.3 Å². The molecule has 1 aromatic carbocycles. The van der Waals surface area contributed by atoms with Crippen LogP contribution < -0.4 is 15.8 Å². The number of thiophene rings is 1. The van der Waals surface area contributed by atoms with Gasteiger partial charge in [0.15, 0.2) is 6.29 Å². The lowest BCUT2D eigenvalue weighted by Crippen LogP contribution is -2.25. The summed E-state index contributed by atoms with van der Waals surface area (Å²) < 4.78 is 5.93. The molecule has 0 fully saturated rings. The third-order valence-electron chi connectivity index (χ3n) is 5.26. The Labute approximate surface area is 178 Å². The zero-order valence-electron chi connectivity index (χ0n) is 16.8. The highest BCUT2D eigenvalue weighted by atomic mass is 32.1. The number of hydrogen-bond acceptors (Lipinski definition) is 9. The van der Waals surface area contributed by atoms with E-state index in [1.807, 2.05) is 13.8 Å². The highest BCUT2D eigenvalue weighted by molar-refractivity contribution is 7.19. The van der Waals surface area contributed by atoms with E-state index in [9.17, 15) is 10.2 Å². The second-order valence-electron chi connectivity index (χ2n) is 7.74. The summed E-state index contributed by atoms with van der Waals surface area (Å²) in [5, 5.41) is 31.1. The van der Waals surface area contributed by atoms with E-state index in [1.54, 1.807) is 23.5 Å². The maximum Gasteiger partial charge on any atom is 0.154 e. The normalized spacial score (nSPS) is 16.1. The third-order valence-corrected chi connectivity index (χ3v) is 6.42. The number of fused-ring (bicyclic) bond motifs is 3. The topological polar surface area (TPSA) is 137 Å². The Morgan fingerprint density at radius 1 is 1.33 bits per heavy atom. The maximum atomic E-state index is 9.58. The van der Waals surface area contributed by atoms with Gasteiger partial charge < -0.3 is 31.4 Å². The minimum Gasteiger partial charge on any atom is -0.489 e. The van der Waals surface area contributed by atoms with Crippen molar-refractivity contribution in [1.82, 2.24) is 9.97 Å². The van der Waals surface area contributed by atoms with Gasteiger partial charge in [0.1, 0.15) is 22.7 Å². The van der Waals surface area contributed by atoms with Crippen molar-refractivity contribution in [2.75, 3.05) is 11.1 Å². The van der Waals surface area contributed by atoms with Gasteiger partial charge in [0.2, 0.25) is 0 Å². The van der Waals surface area contributed by atoms with Crippen molar-refractivity contribution in [2.45, 2.75) is 45.5 Å². The molecule has 1 atom stereocenters. The van der Waals surface area contributed by atoms with E-state index in [-0.39, 0.29) is 12.0 Å². The molecule has 0 amide bonds. The van der Waals surface area contributed by atoms with Gasteiger partial charge in [-0.2, -0.15) is 0 Å². The Kier molecular flexibility index (Phi) is 5.59. The van der Waals surface area contributed by atoms with E-state index in [0.717, 1.165) is 27.1 Å². The number of nitrogen functional groups attached to an aromatic ring is 1. The average Bonchev–Trinajstić information content (AvgIpc) is 3.08. The van der Waals surface area contributed by atoms with Gasteiger partial charge in [0.05, 0.1) is 17.2 Å². The molecule has 0 radical (unpaired) electrons. The zero-order valence-corrected chi connectivity index (χ0v) is 17.7. The van der Waals surface area contributed by atoms with Crippen molar-refractivity contribution in [3.05, 3.63) is 34.5 Å². The van der Waals surface area contributed by atoms with Crippen molar-refractivity contribution in [3.8, 4) is 5.75 Å². The molecular weight excluding hydrogens is 402 g/mol. The fourth-order valence-corrected chi connectivity index (χ4v) is 5.08. The second-order valence-corrected chi connectivity index (χ2v) is 8.82. The van der Waals surface area contributed by atoms with Crippen molar-refractivity contribution < 1.29 is 14.9 Å². The number of hydrogen-bond donors (Lipinski definition) is 5. The number of ether oxygens (including phenoxy) is 1. The molecule has 1 aliphatic rings. The number of aryl methyl sites for hydroxylation is 1. The lowest BCUT2D eigenvalue weighted by atomic mass is 9.87. The maximum absolute atomic E-state index is 9.58. The molecule has 158 valence electrons. The largest absolute Gasteiger partial charge is 0.489 e. The fraction of sp³-hybridized carbons (Fsp3) is 0.381. The number of nitrogens with one attached hydrogen (secondary N) is 2. The summed E-state index contributed by atoms with van der Waals surface area (Å²) in [5.41, 5.74) is 8.94. The Morgan fingerprint density at radius 3 is 2.83 bits per heavy atom. The van der Waals surface area contributed by atoms with Gasteiger partial charge in [-0.3, -0.25) is 0 Å². The minimum absolute atomic E-state index is 0.0445. The van der Waals surface area contributed by atoms with Crippen LogP contribution in [0.4, 0.5) is 17.2 Å². The number of aliphatic hydroxyl groups excluding tert-OH is 1. The molecule has 0 bridgehead atoms. The molecule has 8 nitrogen and oxygen atoms in total. The van der Waals surface area contributed by atoms with Crippen LogP contribution in [0.25, 0.3) is 10.2 Å². The first-order chi connectivity index (χ1) is 14.4. The van der Waals surface area contributed by atoms with Gasteiger partial charge >= 0.3 is 0 Å². The second kappa shape index (κ2) is 8.17. The van der Waals surface area contributed by atoms with Crippen molar-refractivity contribution >= 4 is 45.0 Å². The summed E-state index contributed by atoms with van der Waals surface area (Å²) in [6.07, 6.45) is 3.43. The molecule has 9 heteroatoms. The number of nitrogens with zero attached hydrogens (tertiary/aromatic N) is 2. The molecule has 0 saturated heterocycles. The van der Waals surface area contributed by atoms with Crippen LogP contribution in [0.2, 0.25) is 0 Å². The molecule has 3 aromatic rings. The molecule has 2 heterocycles. The number of aromatic nitrogens is 2. The molecule has 2 aromatic heterocycles. The predicted molar refractivity (Wildman–Crippen MR) is 119 cm³/mol. The highest BCUT2D eigenvalue weighted by Gasteiger charge is 2.28. The van der Waals surface area contributed by atoms with E-state index in [0.29, 0.717) is 41.3 Å². The lowest BCUT2D eigenvalue weighted by molar-refractivity contribution is -0.0865. The Bertz CT molecular complexity index is 1100. The van der Waals surface area contributed by atoms with Gasteiger partial charge in [-0.1, -0.05) is 0 Å². The van der Waals surface area contributed by atoms with Gasteiger partial charge in [-0.25, -0.2) is 9.97 Å². The highest BCUT2D eigenvalue weighted by Crippen LogP contribution is 2.42. The molecule has 4 rings (SSSR count). The van der Waals surface area contributed by atoms with Gasteiger partial charge in [-0.05, 0) is 44.7 Å². The van der Waals surface area contributed by atoms with Crippen molar-refractivity contribution in [1.29, 1.82) is 5.41 Å². The number of nitrogens with two attached hydrogens (primary N) is 1. The molecule has 0 aliphatic heterocycles. The van der Waals surface area contributed by atoms with Crippen LogP contribution in [0, 0.1) is 11.3 Å². The molecule has 1 aliphatic carbocycles. The molecule has 6 N–H and O–H groups in total. The molecule has 1 unspecified atom stereocenters. The summed E-state index contributed by atoms with van der Waals surface area (Å²) in [7, 11) is 0. The first-order valence-corrected chi connectivity index (χ1v) is 10.7. The smallest absolute Gasteiger partial charge is 0.154 e. The summed E-state index contributed by atoms with van der Waals surface area (Å²) in [4.78, 5) is 10.9. The fourth-order valence-electron chi connectivity index (χ4n) is 3.80. The Balaban J connectivity index is 1.77. The molecule has 0 spiro atoms. The first kappa shape index (κ1) is 20.5. The summed E-state index contributed by atoms with van der Waals surface area (Å²) in [6, 6.07) is 3.50. The van der Waals surface area contributed by atoms with E-state index in [1.165, 1.54) is 12.5 Å². The van der Waals surface area contributed by atoms with E-state index in [2.05, 4.69) is 15.3 Å². The summed E-state index contributed by atoms with van der Waals surface area (Å²) >= 11 is 1.57. The SMILES string of the molecule is CC(C)Oc1cc(N)c(C=N)cc1Nc1ncnc2sc3c(c12)CCC(C(O)O)C3.